The van der Waals surface area contributed by atoms with Crippen LogP contribution in [-0.4, -0.2) is 34.4 Å². The van der Waals surface area contributed by atoms with Gasteiger partial charge in [-0.05, 0) is 37.6 Å². The van der Waals surface area contributed by atoms with Crippen molar-refractivity contribution >= 4 is 6.08 Å². The lowest BCUT2D eigenvalue weighted by Crippen LogP contribution is -2.16. The van der Waals surface area contributed by atoms with Crippen molar-refractivity contribution in [2.45, 2.75) is 20.3 Å². The van der Waals surface area contributed by atoms with Crippen LogP contribution in [0.2, 0.25) is 0 Å². The van der Waals surface area contributed by atoms with Crippen LogP contribution < -0.4 is 19.5 Å². The number of nitrogens with one attached hydrogen (secondary N) is 1. The van der Waals surface area contributed by atoms with Crippen molar-refractivity contribution in [2.24, 2.45) is 0 Å². The van der Waals surface area contributed by atoms with Gasteiger partial charge in [0.2, 0.25) is 5.75 Å². The van der Waals surface area contributed by atoms with Gasteiger partial charge in [-0.15, -0.1) is 0 Å². The Morgan fingerprint density at radius 1 is 1.10 bits per heavy atom. The van der Waals surface area contributed by atoms with E-state index in [1.54, 1.807) is 21.3 Å². The molecule has 1 aromatic carbocycles. The summed E-state index contributed by atoms with van der Waals surface area (Å²) in [7, 11) is 4.86. The smallest absolute Gasteiger partial charge is 0.203 e. The van der Waals surface area contributed by atoms with E-state index in [2.05, 4.69) is 25.2 Å². The summed E-state index contributed by atoms with van der Waals surface area (Å²) in [4.78, 5) is 0. The van der Waals surface area contributed by atoms with Crippen LogP contribution in [0, 0.1) is 0 Å². The van der Waals surface area contributed by atoms with Crippen molar-refractivity contribution in [1.82, 2.24) is 5.32 Å². The molecule has 1 N–H and O–H groups in total. The molecule has 0 aromatic heterocycles. The fourth-order valence-corrected chi connectivity index (χ4v) is 1.98. The van der Waals surface area contributed by atoms with Crippen LogP contribution in [0.1, 0.15) is 25.8 Å². The van der Waals surface area contributed by atoms with Crippen LogP contribution >= 0.6 is 0 Å². The highest BCUT2D eigenvalue weighted by atomic mass is 16.5. The fourth-order valence-electron chi connectivity index (χ4n) is 1.98. The lowest BCUT2D eigenvalue weighted by atomic mass is 10.1. The van der Waals surface area contributed by atoms with Crippen molar-refractivity contribution < 1.29 is 14.2 Å². The van der Waals surface area contributed by atoms with Crippen molar-refractivity contribution in [3.05, 3.63) is 23.3 Å². The van der Waals surface area contributed by atoms with Gasteiger partial charge in [0, 0.05) is 6.54 Å². The molecule has 0 atom stereocenters. The summed E-state index contributed by atoms with van der Waals surface area (Å²) in [6, 6.07) is 3.90. The molecular formula is C16H25NO3. The van der Waals surface area contributed by atoms with Crippen molar-refractivity contribution in [2.75, 3.05) is 34.4 Å². The highest BCUT2D eigenvalue weighted by Crippen LogP contribution is 2.38. The lowest BCUT2D eigenvalue weighted by Gasteiger charge is -2.13. The molecule has 4 heteroatoms. The second-order valence-electron chi connectivity index (χ2n) is 4.63. The van der Waals surface area contributed by atoms with E-state index < -0.39 is 0 Å². The van der Waals surface area contributed by atoms with Crippen LogP contribution in [0.3, 0.4) is 0 Å². The molecule has 1 aromatic rings. The highest BCUT2D eigenvalue weighted by Gasteiger charge is 2.12. The molecule has 0 fully saturated rings. The van der Waals surface area contributed by atoms with Crippen LogP contribution in [-0.2, 0) is 0 Å². The summed E-state index contributed by atoms with van der Waals surface area (Å²) in [5, 5.41) is 3.38. The van der Waals surface area contributed by atoms with Gasteiger partial charge in [-0.2, -0.15) is 0 Å². The summed E-state index contributed by atoms with van der Waals surface area (Å²) in [6.07, 6.45) is 3.25. The molecule has 0 saturated carbocycles. The fraction of sp³-hybridized carbons (Fsp3) is 0.500. The van der Waals surface area contributed by atoms with Gasteiger partial charge in [-0.25, -0.2) is 0 Å². The van der Waals surface area contributed by atoms with E-state index in [-0.39, 0.29) is 0 Å². The van der Waals surface area contributed by atoms with Gasteiger partial charge in [0.05, 0.1) is 21.3 Å². The van der Waals surface area contributed by atoms with E-state index in [1.165, 1.54) is 5.57 Å². The first-order valence-electron chi connectivity index (χ1n) is 6.84. The van der Waals surface area contributed by atoms with Crippen LogP contribution in [0.5, 0.6) is 17.2 Å². The molecule has 0 bridgehead atoms. The number of methoxy groups -OCH3 is 3. The molecule has 0 aliphatic heterocycles. The minimum Gasteiger partial charge on any atom is -0.493 e. The standard InChI is InChI=1S/C16H25NO3/c1-6-7-17-11-12(2)8-13-9-14(18-3)16(20-5)15(10-13)19-4/h8-10,17H,6-7,11H2,1-5H3. The van der Waals surface area contributed by atoms with Crippen molar-refractivity contribution in [3.63, 3.8) is 0 Å². The minimum atomic E-state index is 0.619. The van der Waals surface area contributed by atoms with Gasteiger partial charge in [0.1, 0.15) is 0 Å². The monoisotopic (exact) mass is 279 g/mol. The van der Waals surface area contributed by atoms with Crippen molar-refractivity contribution in [1.29, 1.82) is 0 Å². The Morgan fingerprint density at radius 3 is 2.15 bits per heavy atom. The summed E-state index contributed by atoms with van der Waals surface area (Å²) in [5.74, 6) is 1.97. The van der Waals surface area contributed by atoms with Gasteiger partial charge < -0.3 is 19.5 Å². The maximum Gasteiger partial charge on any atom is 0.203 e. The number of benzene rings is 1. The molecule has 0 heterocycles. The Balaban J connectivity index is 2.98. The second kappa shape index (κ2) is 8.48. The maximum absolute atomic E-state index is 5.35. The third-order valence-electron chi connectivity index (χ3n) is 2.93. The van der Waals surface area contributed by atoms with E-state index in [9.17, 15) is 0 Å². The maximum atomic E-state index is 5.35. The lowest BCUT2D eigenvalue weighted by molar-refractivity contribution is 0.324. The van der Waals surface area contributed by atoms with Crippen LogP contribution in [0.4, 0.5) is 0 Å². The van der Waals surface area contributed by atoms with Crippen LogP contribution in [0.15, 0.2) is 17.7 Å². The molecule has 20 heavy (non-hydrogen) atoms. The first kappa shape index (κ1) is 16.4. The average Bonchev–Trinajstić information content (AvgIpc) is 2.46. The van der Waals surface area contributed by atoms with Crippen LogP contribution in [0.25, 0.3) is 6.08 Å². The first-order valence-corrected chi connectivity index (χ1v) is 6.84. The number of hydrogen-bond acceptors (Lipinski definition) is 4. The predicted octanol–water partition coefficient (Wildman–Crippen LogP) is 3.12. The van der Waals surface area contributed by atoms with E-state index in [0.717, 1.165) is 25.1 Å². The molecule has 0 radical (unpaired) electrons. The summed E-state index contributed by atoms with van der Waals surface area (Å²) >= 11 is 0. The zero-order valence-corrected chi connectivity index (χ0v) is 13.1. The summed E-state index contributed by atoms with van der Waals surface area (Å²) in [6.45, 7) is 6.17. The normalized spacial score (nSPS) is 11.3. The summed E-state index contributed by atoms with van der Waals surface area (Å²) < 4.78 is 16.0. The molecular weight excluding hydrogens is 254 g/mol. The zero-order valence-electron chi connectivity index (χ0n) is 13.1. The quantitative estimate of drug-likeness (QED) is 0.742. The topological polar surface area (TPSA) is 39.7 Å². The first-order chi connectivity index (χ1) is 9.65. The predicted molar refractivity (Wildman–Crippen MR) is 82.9 cm³/mol. The van der Waals surface area contributed by atoms with Gasteiger partial charge in [0.15, 0.2) is 11.5 Å². The molecule has 0 aliphatic carbocycles. The Kier molecular flexibility index (Phi) is 6.94. The Morgan fingerprint density at radius 2 is 1.70 bits per heavy atom. The van der Waals surface area contributed by atoms with Gasteiger partial charge >= 0.3 is 0 Å². The molecule has 0 saturated heterocycles. The highest BCUT2D eigenvalue weighted by molar-refractivity contribution is 5.63. The van der Waals surface area contributed by atoms with E-state index in [0.29, 0.717) is 17.2 Å². The molecule has 0 unspecified atom stereocenters. The molecule has 0 spiro atoms. The Bertz CT molecular complexity index is 430. The van der Waals surface area contributed by atoms with Gasteiger partial charge in [-0.3, -0.25) is 0 Å². The Labute approximate surface area is 121 Å². The molecule has 0 amide bonds. The summed E-state index contributed by atoms with van der Waals surface area (Å²) in [5.41, 5.74) is 2.29. The average molecular weight is 279 g/mol. The van der Waals surface area contributed by atoms with Crippen molar-refractivity contribution in [3.8, 4) is 17.2 Å². The molecule has 4 nitrogen and oxygen atoms in total. The second-order valence-corrected chi connectivity index (χ2v) is 4.63. The Hall–Kier alpha value is -1.68. The van der Waals surface area contributed by atoms with E-state index >= 15 is 0 Å². The molecule has 1 rings (SSSR count). The SMILES string of the molecule is CCCNCC(C)=Cc1cc(OC)c(OC)c(OC)c1. The third-order valence-corrected chi connectivity index (χ3v) is 2.93. The largest absolute Gasteiger partial charge is 0.493 e. The van der Waals surface area contributed by atoms with Gasteiger partial charge in [0.25, 0.3) is 0 Å². The number of rotatable bonds is 8. The molecule has 0 aliphatic rings. The molecule has 112 valence electrons. The third kappa shape index (κ3) is 4.46. The number of hydrogen-bond donors (Lipinski definition) is 1. The zero-order chi connectivity index (χ0) is 15.0. The van der Waals surface area contributed by atoms with E-state index in [1.807, 2.05) is 12.1 Å². The number of ether oxygens (including phenoxy) is 3. The van der Waals surface area contributed by atoms with E-state index in [4.69, 9.17) is 14.2 Å². The minimum absolute atomic E-state index is 0.619. The van der Waals surface area contributed by atoms with Gasteiger partial charge in [-0.1, -0.05) is 18.6 Å².